The number of fused-ring (bicyclic) bond motifs is 1. The lowest BCUT2D eigenvalue weighted by molar-refractivity contribution is -0.136. The number of pyridine rings is 1. The Morgan fingerprint density at radius 2 is 1.84 bits per heavy atom. The fourth-order valence-corrected chi connectivity index (χ4v) is 2.54. The zero-order valence-corrected chi connectivity index (χ0v) is 14.5. The number of imidazole rings is 1. The SMILES string of the molecule is CC(C)(C)c1nc2ccccn2c1N=Nc1ccc(CC(=O)O)cc1. The molecule has 2 heterocycles. The predicted octanol–water partition coefficient (Wildman–Crippen LogP) is 4.67. The van der Waals surface area contributed by atoms with Crippen molar-refractivity contribution in [2.75, 3.05) is 0 Å². The second-order valence-electron chi connectivity index (χ2n) is 6.90. The van der Waals surface area contributed by atoms with E-state index in [1.54, 1.807) is 24.3 Å². The minimum Gasteiger partial charge on any atom is -0.481 e. The van der Waals surface area contributed by atoms with Crippen molar-refractivity contribution in [1.82, 2.24) is 9.38 Å². The number of carboxylic acids is 1. The first-order chi connectivity index (χ1) is 11.8. The molecule has 0 fully saturated rings. The monoisotopic (exact) mass is 336 g/mol. The van der Waals surface area contributed by atoms with E-state index in [1.807, 2.05) is 28.8 Å². The summed E-state index contributed by atoms with van der Waals surface area (Å²) in [7, 11) is 0. The number of hydrogen-bond donors (Lipinski definition) is 1. The number of aromatic nitrogens is 2. The maximum absolute atomic E-state index is 10.7. The van der Waals surface area contributed by atoms with E-state index in [1.165, 1.54) is 0 Å². The number of nitrogens with zero attached hydrogens (tertiary/aromatic N) is 4. The minimum atomic E-state index is -0.852. The van der Waals surface area contributed by atoms with Crippen LogP contribution in [0.5, 0.6) is 0 Å². The second-order valence-corrected chi connectivity index (χ2v) is 6.90. The van der Waals surface area contributed by atoms with Crippen LogP contribution in [0.15, 0.2) is 58.9 Å². The van der Waals surface area contributed by atoms with Crippen molar-refractivity contribution in [3.05, 3.63) is 59.9 Å². The van der Waals surface area contributed by atoms with Crippen LogP contribution in [-0.2, 0) is 16.6 Å². The first-order valence-corrected chi connectivity index (χ1v) is 8.04. The minimum absolute atomic E-state index is 0.00114. The lowest BCUT2D eigenvalue weighted by Crippen LogP contribution is -2.11. The molecule has 0 aliphatic rings. The number of benzene rings is 1. The lowest BCUT2D eigenvalue weighted by atomic mass is 9.92. The van der Waals surface area contributed by atoms with Crippen molar-refractivity contribution in [2.45, 2.75) is 32.6 Å². The van der Waals surface area contributed by atoms with Crippen molar-refractivity contribution in [3.63, 3.8) is 0 Å². The average molecular weight is 336 g/mol. The van der Waals surface area contributed by atoms with Gasteiger partial charge in [0.1, 0.15) is 5.65 Å². The van der Waals surface area contributed by atoms with E-state index in [0.29, 0.717) is 11.5 Å². The number of carbonyl (C=O) groups is 1. The van der Waals surface area contributed by atoms with Crippen LogP contribution < -0.4 is 0 Å². The molecule has 2 aromatic heterocycles. The molecule has 0 radical (unpaired) electrons. The van der Waals surface area contributed by atoms with Crippen LogP contribution in [0.3, 0.4) is 0 Å². The molecule has 0 atom stereocenters. The van der Waals surface area contributed by atoms with Crippen molar-refractivity contribution in [2.24, 2.45) is 10.2 Å². The van der Waals surface area contributed by atoms with Gasteiger partial charge in [-0.15, -0.1) is 10.2 Å². The summed E-state index contributed by atoms with van der Waals surface area (Å²) in [4.78, 5) is 15.4. The molecule has 25 heavy (non-hydrogen) atoms. The number of aliphatic carboxylic acids is 1. The molecule has 3 aromatic rings. The third kappa shape index (κ3) is 3.74. The van der Waals surface area contributed by atoms with Crippen LogP contribution in [0.25, 0.3) is 5.65 Å². The van der Waals surface area contributed by atoms with Gasteiger partial charge in [0.25, 0.3) is 0 Å². The summed E-state index contributed by atoms with van der Waals surface area (Å²) in [5.74, 6) is -0.146. The maximum Gasteiger partial charge on any atom is 0.307 e. The van der Waals surface area contributed by atoms with E-state index < -0.39 is 5.97 Å². The molecule has 0 aliphatic carbocycles. The summed E-state index contributed by atoms with van der Waals surface area (Å²) >= 11 is 0. The van der Waals surface area contributed by atoms with Gasteiger partial charge in [0, 0.05) is 11.6 Å². The zero-order valence-electron chi connectivity index (χ0n) is 14.5. The summed E-state index contributed by atoms with van der Waals surface area (Å²) in [6, 6.07) is 12.8. The molecule has 3 rings (SSSR count). The largest absolute Gasteiger partial charge is 0.481 e. The Bertz CT molecular complexity index is 934. The maximum atomic E-state index is 10.7. The predicted molar refractivity (Wildman–Crippen MR) is 95.8 cm³/mol. The number of azo groups is 1. The molecular formula is C19H20N4O2. The van der Waals surface area contributed by atoms with Crippen LogP contribution >= 0.6 is 0 Å². The van der Waals surface area contributed by atoms with Crippen molar-refractivity contribution in [1.29, 1.82) is 0 Å². The lowest BCUT2D eigenvalue weighted by Gasteiger charge is -2.15. The molecule has 1 aromatic carbocycles. The van der Waals surface area contributed by atoms with E-state index in [-0.39, 0.29) is 11.8 Å². The highest BCUT2D eigenvalue weighted by atomic mass is 16.4. The van der Waals surface area contributed by atoms with Gasteiger partial charge in [-0.05, 0) is 29.8 Å². The summed E-state index contributed by atoms with van der Waals surface area (Å²) in [6.45, 7) is 6.28. The van der Waals surface area contributed by atoms with Crippen LogP contribution in [0.2, 0.25) is 0 Å². The topological polar surface area (TPSA) is 79.3 Å². The molecule has 0 saturated heterocycles. The molecule has 1 N–H and O–H groups in total. The highest BCUT2D eigenvalue weighted by molar-refractivity contribution is 5.70. The van der Waals surface area contributed by atoms with E-state index in [0.717, 1.165) is 16.9 Å². The Hall–Kier alpha value is -3.02. The standard InChI is InChI=1S/C19H20N4O2/c1-19(2,3)17-18(23-11-5-4-6-15(23)20-17)22-21-14-9-7-13(8-10-14)12-16(24)25/h4-11H,12H2,1-3H3,(H,24,25). The zero-order chi connectivity index (χ0) is 18.0. The fraction of sp³-hybridized carbons (Fsp3) is 0.263. The van der Waals surface area contributed by atoms with E-state index in [9.17, 15) is 4.79 Å². The molecule has 0 aliphatic heterocycles. The summed E-state index contributed by atoms with van der Waals surface area (Å²) in [5, 5.41) is 17.6. The van der Waals surface area contributed by atoms with Gasteiger partial charge in [-0.3, -0.25) is 9.20 Å². The molecule has 6 nitrogen and oxygen atoms in total. The van der Waals surface area contributed by atoms with Crippen molar-refractivity contribution >= 4 is 23.1 Å². The van der Waals surface area contributed by atoms with E-state index in [4.69, 9.17) is 5.11 Å². The van der Waals surface area contributed by atoms with Gasteiger partial charge in [-0.2, -0.15) is 0 Å². The fourth-order valence-electron chi connectivity index (χ4n) is 2.54. The summed E-state index contributed by atoms with van der Waals surface area (Å²) < 4.78 is 1.92. The Morgan fingerprint density at radius 3 is 2.48 bits per heavy atom. The van der Waals surface area contributed by atoms with Gasteiger partial charge < -0.3 is 5.11 Å². The Kier molecular flexibility index (Phi) is 4.35. The first kappa shape index (κ1) is 16.8. The average Bonchev–Trinajstić information content (AvgIpc) is 2.93. The second kappa shape index (κ2) is 6.47. The molecular weight excluding hydrogens is 316 g/mol. The Labute approximate surface area is 145 Å². The van der Waals surface area contributed by atoms with Gasteiger partial charge in [0.15, 0.2) is 5.82 Å². The molecule has 0 bridgehead atoms. The van der Waals surface area contributed by atoms with Gasteiger partial charge in [-0.25, -0.2) is 4.98 Å². The van der Waals surface area contributed by atoms with Gasteiger partial charge in [-0.1, -0.05) is 39.0 Å². The van der Waals surface area contributed by atoms with Crippen LogP contribution in [-0.4, -0.2) is 20.5 Å². The third-order valence-electron chi connectivity index (χ3n) is 3.77. The smallest absolute Gasteiger partial charge is 0.307 e. The highest BCUT2D eigenvalue weighted by Crippen LogP contribution is 2.33. The normalized spacial score (nSPS) is 12.1. The Balaban J connectivity index is 1.96. The molecule has 6 heteroatoms. The van der Waals surface area contributed by atoms with Crippen LogP contribution in [0.1, 0.15) is 32.0 Å². The molecule has 0 amide bonds. The Morgan fingerprint density at radius 1 is 1.12 bits per heavy atom. The van der Waals surface area contributed by atoms with E-state index in [2.05, 4.69) is 36.0 Å². The molecule has 0 spiro atoms. The van der Waals surface area contributed by atoms with Crippen LogP contribution in [0.4, 0.5) is 11.5 Å². The summed E-state index contributed by atoms with van der Waals surface area (Å²) in [5.41, 5.74) is 2.95. The van der Waals surface area contributed by atoms with Gasteiger partial charge in [0.2, 0.25) is 0 Å². The van der Waals surface area contributed by atoms with Gasteiger partial charge in [0.05, 0.1) is 17.8 Å². The third-order valence-corrected chi connectivity index (χ3v) is 3.77. The van der Waals surface area contributed by atoms with Crippen molar-refractivity contribution in [3.8, 4) is 0 Å². The first-order valence-electron chi connectivity index (χ1n) is 8.04. The van der Waals surface area contributed by atoms with Gasteiger partial charge >= 0.3 is 5.97 Å². The molecule has 0 unspecified atom stereocenters. The number of hydrogen-bond acceptors (Lipinski definition) is 4. The van der Waals surface area contributed by atoms with Crippen molar-refractivity contribution < 1.29 is 9.90 Å². The van der Waals surface area contributed by atoms with E-state index >= 15 is 0 Å². The molecule has 128 valence electrons. The number of rotatable bonds is 4. The molecule has 0 saturated carbocycles. The van der Waals surface area contributed by atoms with Crippen LogP contribution in [0, 0.1) is 0 Å². The number of carboxylic acid groups (broad SMARTS) is 1. The quantitative estimate of drug-likeness (QED) is 0.703. The highest BCUT2D eigenvalue weighted by Gasteiger charge is 2.23. The summed E-state index contributed by atoms with van der Waals surface area (Å²) in [6.07, 6.45) is 1.92.